The maximum Gasteiger partial charge on any atom is 0.265 e. The van der Waals surface area contributed by atoms with E-state index < -0.39 is 0 Å². The van der Waals surface area contributed by atoms with Crippen molar-refractivity contribution in [2.75, 3.05) is 26.0 Å². The van der Waals surface area contributed by atoms with Gasteiger partial charge in [0.25, 0.3) is 5.91 Å². The van der Waals surface area contributed by atoms with E-state index in [0.29, 0.717) is 21.2 Å². The summed E-state index contributed by atoms with van der Waals surface area (Å²) in [6.07, 6.45) is 2.10. The van der Waals surface area contributed by atoms with E-state index in [2.05, 4.69) is 5.32 Å². The summed E-state index contributed by atoms with van der Waals surface area (Å²) in [5.41, 5.74) is 6.97. The Morgan fingerprint density at radius 2 is 2.25 bits per heavy atom. The molecule has 1 fully saturated rings. The summed E-state index contributed by atoms with van der Waals surface area (Å²) in [7, 11) is 1.61. The molecule has 0 radical (unpaired) electrons. The van der Waals surface area contributed by atoms with E-state index in [1.54, 1.807) is 11.7 Å². The van der Waals surface area contributed by atoms with Crippen LogP contribution in [0, 0.1) is 3.95 Å². The first kappa shape index (κ1) is 16.9. The summed E-state index contributed by atoms with van der Waals surface area (Å²) >= 11 is 6.58. The normalized spacial score (nSPS) is 17.0. The number of rotatable bonds is 5. The van der Waals surface area contributed by atoms with Crippen molar-refractivity contribution >= 4 is 35.3 Å². The molecule has 2 heterocycles. The molecule has 1 aliphatic rings. The van der Waals surface area contributed by atoms with E-state index in [1.165, 1.54) is 11.3 Å². The molecule has 1 aromatic heterocycles. The van der Waals surface area contributed by atoms with Crippen molar-refractivity contribution in [1.29, 1.82) is 0 Å². The molecule has 1 aromatic carbocycles. The molecule has 0 saturated carbocycles. The van der Waals surface area contributed by atoms with Crippen LogP contribution in [-0.2, 0) is 4.74 Å². The number of aromatic nitrogens is 1. The topological polar surface area (TPSA) is 78.5 Å². The lowest BCUT2D eigenvalue weighted by Crippen LogP contribution is -2.31. The predicted octanol–water partition coefficient (Wildman–Crippen LogP) is 2.77. The number of nitrogens with zero attached hydrogens (tertiary/aromatic N) is 1. The average molecular weight is 365 g/mol. The molecule has 0 unspecified atom stereocenters. The fourth-order valence-corrected chi connectivity index (χ4v) is 3.90. The summed E-state index contributed by atoms with van der Waals surface area (Å²) in [6, 6.07) is 7.36. The van der Waals surface area contributed by atoms with Crippen molar-refractivity contribution in [3.8, 4) is 11.4 Å². The van der Waals surface area contributed by atoms with Gasteiger partial charge in [0.15, 0.2) is 3.95 Å². The van der Waals surface area contributed by atoms with E-state index in [-0.39, 0.29) is 12.0 Å². The average Bonchev–Trinajstić information content (AvgIpc) is 3.21. The molecule has 0 spiro atoms. The Labute approximate surface area is 149 Å². The third-order valence-corrected chi connectivity index (χ3v) is 5.29. The third kappa shape index (κ3) is 3.45. The summed E-state index contributed by atoms with van der Waals surface area (Å²) in [5.74, 6) is 0.875. The van der Waals surface area contributed by atoms with Gasteiger partial charge in [-0.2, -0.15) is 0 Å². The van der Waals surface area contributed by atoms with Gasteiger partial charge in [0.2, 0.25) is 0 Å². The standard InChI is InChI=1S/C16H19N3O3S2/c1-21-11-6-4-10(5-7-11)19-14(17)13(24-16(19)23)15(20)18-9-12-3-2-8-22-12/h4-7,12H,2-3,8-9,17H2,1H3,(H,18,20)/t12-/m1/s1. The van der Waals surface area contributed by atoms with Gasteiger partial charge >= 0.3 is 0 Å². The summed E-state index contributed by atoms with van der Waals surface area (Å²) < 4.78 is 12.9. The SMILES string of the molecule is COc1ccc(-n2c(N)c(C(=O)NC[C@H]3CCCO3)sc2=S)cc1. The van der Waals surface area contributed by atoms with E-state index in [4.69, 9.17) is 27.4 Å². The minimum atomic E-state index is -0.216. The van der Waals surface area contributed by atoms with Gasteiger partial charge in [0.05, 0.1) is 13.2 Å². The zero-order valence-corrected chi connectivity index (χ0v) is 14.9. The molecular weight excluding hydrogens is 346 g/mol. The van der Waals surface area contributed by atoms with Crippen molar-refractivity contribution in [3.05, 3.63) is 33.1 Å². The largest absolute Gasteiger partial charge is 0.497 e. The maximum absolute atomic E-state index is 12.4. The molecule has 6 nitrogen and oxygen atoms in total. The number of hydrogen-bond acceptors (Lipinski definition) is 6. The minimum Gasteiger partial charge on any atom is -0.497 e. The van der Waals surface area contributed by atoms with Crippen LogP contribution in [0.2, 0.25) is 0 Å². The molecule has 1 atom stereocenters. The summed E-state index contributed by atoms with van der Waals surface area (Å²) in [6.45, 7) is 1.25. The summed E-state index contributed by atoms with van der Waals surface area (Å²) in [5, 5.41) is 2.88. The molecular formula is C16H19N3O3S2. The number of carbonyl (C=O) groups excluding carboxylic acids is 1. The van der Waals surface area contributed by atoms with E-state index >= 15 is 0 Å². The molecule has 0 bridgehead atoms. The van der Waals surface area contributed by atoms with Crippen molar-refractivity contribution in [2.24, 2.45) is 0 Å². The number of nitrogens with one attached hydrogen (secondary N) is 1. The van der Waals surface area contributed by atoms with Crippen LogP contribution in [0.25, 0.3) is 5.69 Å². The minimum absolute atomic E-state index is 0.0896. The maximum atomic E-state index is 12.4. The molecule has 128 valence electrons. The zero-order chi connectivity index (χ0) is 17.1. The lowest BCUT2D eigenvalue weighted by Gasteiger charge is -2.11. The van der Waals surface area contributed by atoms with E-state index in [9.17, 15) is 4.79 Å². The Bertz CT molecular complexity index is 777. The van der Waals surface area contributed by atoms with E-state index in [1.807, 2.05) is 24.3 Å². The number of hydrogen-bond donors (Lipinski definition) is 2. The van der Waals surface area contributed by atoms with Gasteiger partial charge in [-0.3, -0.25) is 9.36 Å². The van der Waals surface area contributed by atoms with Crippen LogP contribution in [-0.4, -0.2) is 36.8 Å². The molecule has 3 rings (SSSR count). The number of thiazole rings is 1. The molecule has 3 N–H and O–H groups in total. The number of anilines is 1. The first-order chi connectivity index (χ1) is 11.6. The number of ether oxygens (including phenoxy) is 2. The van der Waals surface area contributed by atoms with E-state index in [0.717, 1.165) is 30.9 Å². The van der Waals surface area contributed by atoms with Gasteiger partial charge in [0.1, 0.15) is 16.4 Å². The number of nitrogen functional groups attached to an aromatic ring is 1. The number of benzene rings is 1. The van der Waals surface area contributed by atoms with Crippen LogP contribution < -0.4 is 15.8 Å². The van der Waals surface area contributed by atoms with Crippen LogP contribution in [0.5, 0.6) is 5.75 Å². The van der Waals surface area contributed by atoms with Crippen molar-refractivity contribution < 1.29 is 14.3 Å². The highest BCUT2D eigenvalue weighted by Crippen LogP contribution is 2.27. The molecule has 1 saturated heterocycles. The predicted molar refractivity (Wildman–Crippen MR) is 96.8 cm³/mol. The van der Waals surface area contributed by atoms with Crippen LogP contribution in [0.3, 0.4) is 0 Å². The Balaban J connectivity index is 1.80. The Hall–Kier alpha value is -1.90. The van der Waals surface area contributed by atoms with Crippen molar-refractivity contribution in [2.45, 2.75) is 18.9 Å². The van der Waals surface area contributed by atoms with Crippen molar-refractivity contribution in [3.63, 3.8) is 0 Å². The molecule has 1 aliphatic heterocycles. The van der Waals surface area contributed by atoms with Gasteiger partial charge in [0, 0.05) is 18.8 Å². The Kier molecular flexibility index (Phi) is 5.17. The first-order valence-corrected chi connectivity index (χ1v) is 8.88. The third-order valence-electron chi connectivity index (χ3n) is 3.90. The molecule has 0 aliphatic carbocycles. The van der Waals surface area contributed by atoms with Crippen LogP contribution >= 0.6 is 23.6 Å². The van der Waals surface area contributed by atoms with Crippen LogP contribution in [0.1, 0.15) is 22.5 Å². The second-order valence-electron chi connectivity index (χ2n) is 5.46. The molecule has 1 amide bonds. The summed E-state index contributed by atoms with van der Waals surface area (Å²) in [4.78, 5) is 12.8. The van der Waals surface area contributed by atoms with Crippen LogP contribution in [0.15, 0.2) is 24.3 Å². The first-order valence-electron chi connectivity index (χ1n) is 7.65. The lowest BCUT2D eigenvalue weighted by atomic mass is 10.2. The van der Waals surface area contributed by atoms with Gasteiger partial charge in [-0.05, 0) is 49.3 Å². The van der Waals surface area contributed by atoms with Crippen LogP contribution in [0.4, 0.5) is 5.82 Å². The molecule has 8 heteroatoms. The number of amides is 1. The molecule has 2 aromatic rings. The highest BCUT2D eigenvalue weighted by molar-refractivity contribution is 7.73. The number of carbonyl (C=O) groups is 1. The van der Waals surface area contributed by atoms with Gasteiger partial charge in [-0.15, -0.1) is 0 Å². The second kappa shape index (κ2) is 7.33. The van der Waals surface area contributed by atoms with Gasteiger partial charge in [-0.1, -0.05) is 11.3 Å². The second-order valence-corrected chi connectivity index (χ2v) is 7.11. The highest BCUT2D eigenvalue weighted by Gasteiger charge is 2.21. The highest BCUT2D eigenvalue weighted by atomic mass is 32.1. The quantitative estimate of drug-likeness (QED) is 0.797. The monoisotopic (exact) mass is 365 g/mol. The van der Waals surface area contributed by atoms with Gasteiger partial charge < -0.3 is 20.5 Å². The number of nitrogens with two attached hydrogens (primary N) is 1. The Morgan fingerprint density at radius 1 is 1.50 bits per heavy atom. The fourth-order valence-electron chi connectivity index (χ4n) is 2.62. The zero-order valence-electron chi connectivity index (χ0n) is 13.3. The lowest BCUT2D eigenvalue weighted by molar-refractivity contribution is 0.0861. The Morgan fingerprint density at radius 3 is 2.88 bits per heavy atom. The van der Waals surface area contributed by atoms with Gasteiger partial charge in [-0.25, -0.2) is 0 Å². The van der Waals surface area contributed by atoms with Crippen molar-refractivity contribution in [1.82, 2.24) is 9.88 Å². The molecule has 24 heavy (non-hydrogen) atoms. The fraction of sp³-hybridized carbons (Fsp3) is 0.375. The number of methoxy groups -OCH3 is 1. The smallest absolute Gasteiger partial charge is 0.265 e.